The third-order valence-corrected chi connectivity index (χ3v) is 3.13. The minimum atomic E-state index is 0.263. The van der Waals surface area contributed by atoms with Gasteiger partial charge >= 0.3 is 0 Å². The molecule has 4 nitrogen and oxygen atoms in total. The maximum atomic E-state index is 5.32. The highest BCUT2D eigenvalue weighted by Gasteiger charge is 2.11. The number of hydrogen-bond acceptors (Lipinski definition) is 4. The average Bonchev–Trinajstić information content (AvgIpc) is 2.44. The third kappa shape index (κ3) is 4.73. The molecule has 0 bridgehead atoms. The molecule has 19 heavy (non-hydrogen) atoms. The van der Waals surface area contributed by atoms with Crippen LogP contribution < -0.4 is 14.8 Å². The van der Waals surface area contributed by atoms with Crippen LogP contribution in [-0.4, -0.2) is 34.5 Å². The van der Waals surface area contributed by atoms with E-state index in [-0.39, 0.29) is 6.04 Å². The van der Waals surface area contributed by atoms with Crippen LogP contribution in [0.2, 0.25) is 0 Å². The van der Waals surface area contributed by atoms with E-state index in [2.05, 4.69) is 25.2 Å². The smallest absolute Gasteiger partial charge is 0.161 e. The lowest BCUT2D eigenvalue weighted by molar-refractivity contribution is 0.157. The molecule has 0 amide bonds. The molecule has 0 saturated carbocycles. The highest BCUT2D eigenvalue weighted by Crippen LogP contribution is 2.29. The molecule has 2 unspecified atom stereocenters. The molecule has 0 aliphatic rings. The Morgan fingerprint density at radius 3 is 2.32 bits per heavy atom. The Labute approximate surface area is 116 Å². The second kappa shape index (κ2) is 8.02. The van der Waals surface area contributed by atoms with Gasteiger partial charge in [0.25, 0.3) is 0 Å². The zero-order valence-corrected chi connectivity index (χ0v) is 12.5. The van der Waals surface area contributed by atoms with Crippen LogP contribution in [0.3, 0.4) is 0 Å². The van der Waals surface area contributed by atoms with Crippen molar-refractivity contribution in [2.75, 3.05) is 34.5 Å². The van der Waals surface area contributed by atoms with Crippen molar-refractivity contribution < 1.29 is 14.2 Å². The number of nitrogens with one attached hydrogen (secondary N) is 1. The first-order valence-electron chi connectivity index (χ1n) is 6.56. The predicted molar refractivity (Wildman–Crippen MR) is 77.0 cm³/mol. The van der Waals surface area contributed by atoms with Crippen molar-refractivity contribution in [3.8, 4) is 11.5 Å². The van der Waals surface area contributed by atoms with Crippen LogP contribution in [0.25, 0.3) is 0 Å². The van der Waals surface area contributed by atoms with E-state index in [1.807, 2.05) is 12.1 Å². The summed E-state index contributed by atoms with van der Waals surface area (Å²) in [6.45, 7) is 5.99. The third-order valence-electron chi connectivity index (χ3n) is 3.13. The highest BCUT2D eigenvalue weighted by molar-refractivity contribution is 5.43. The van der Waals surface area contributed by atoms with Crippen molar-refractivity contribution >= 4 is 0 Å². The van der Waals surface area contributed by atoms with Gasteiger partial charge in [0.1, 0.15) is 0 Å². The lowest BCUT2D eigenvalue weighted by Crippen LogP contribution is -2.26. The molecule has 0 fully saturated rings. The van der Waals surface area contributed by atoms with Crippen LogP contribution in [0.1, 0.15) is 25.5 Å². The van der Waals surface area contributed by atoms with Crippen LogP contribution in [0.15, 0.2) is 18.2 Å². The van der Waals surface area contributed by atoms with Crippen molar-refractivity contribution in [3.05, 3.63) is 23.8 Å². The molecule has 1 aromatic carbocycles. The number of methoxy groups -OCH3 is 3. The Balaban J connectivity index is 2.64. The highest BCUT2D eigenvalue weighted by atomic mass is 16.5. The Kier molecular flexibility index (Phi) is 6.67. The topological polar surface area (TPSA) is 39.7 Å². The summed E-state index contributed by atoms with van der Waals surface area (Å²) in [4.78, 5) is 0. The van der Waals surface area contributed by atoms with Crippen LogP contribution in [0.5, 0.6) is 11.5 Å². The van der Waals surface area contributed by atoms with Crippen molar-refractivity contribution in [1.29, 1.82) is 0 Å². The van der Waals surface area contributed by atoms with Gasteiger partial charge in [-0.15, -0.1) is 0 Å². The second-order valence-corrected chi connectivity index (χ2v) is 4.80. The predicted octanol–water partition coefficient (Wildman–Crippen LogP) is 2.64. The molecule has 2 atom stereocenters. The number of rotatable bonds is 8. The minimum absolute atomic E-state index is 0.263. The van der Waals surface area contributed by atoms with E-state index in [4.69, 9.17) is 14.2 Å². The van der Waals surface area contributed by atoms with E-state index < -0.39 is 0 Å². The van der Waals surface area contributed by atoms with Gasteiger partial charge in [0.15, 0.2) is 11.5 Å². The summed E-state index contributed by atoms with van der Waals surface area (Å²) < 4.78 is 15.7. The molecular weight excluding hydrogens is 242 g/mol. The molecule has 1 aromatic rings. The van der Waals surface area contributed by atoms with Crippen LogP contribution in [-0.2, 0) is 4.74 Å². The molecule has 1 rings (SSSR count). The first kappa shape index (κ1) is 15.8. The van der Waals surface area contributed by atoms with Gasteiger partial charge in [-0.05, 0) is 30.5 Å². The molecule has 0 heterocycles. The Hall–Kier alpha value is -1.26. The standard InChI is InChI=1S/C15H25NO3/c1-11(10-17-3)9-16-12(2)13-6-7-14(18-4)15(8-13)19-5/h6-8,11-12,16H,9-10H2,1-5H3. The van der Waals surface area contributed by atoms with Gasteiger partial charge in [0, 0.05) is 26.3 Å². The van der Waals surface area contributed by atoms with E-state index in [1.165, 1.54) is 5.56 Å². The zero-order valence-electron chi connectivity index (χ0n) is 12.5. The van der Waals surface area contributed by atoms with E-state index in [1.54, 1.807) is 21.3 Å². The summed E-state index contributed by atoms with van der Waals surface area (Å²) in [7, 11) is 5.03. The Morgan fingerprint density at radius 1 is 1.05 bits per heavy atom. The molecule has 0 aliphatic carbocycles. The lowest BCUT2D eigenvalue weighted by atomic mass is 10.1. The summed E-state index contributed by atoms with van der Waals surface area (Å²) in [5.74, 6) is 2.01. The molecule has 1 N–H and O–H groups in total. The van der Waals surface area contributed by atoms with E-state index >= 15 is 0 Å². The minimum Gasteiger partial charge on any atom is -0.493 e. The van der Waals surface area contributed by atoms with Crippen molar-refractivity contribution in [3.63, 3.8) is 0 Å². The molecule has 0 spiro atoms. The Morgan fingerprint density at radius 2 is 1.74 bits per heavy atom. The molecular formula is C15H25NO3. The van der Waals surface area contributed by atoms with Gasteiger partial charge in [-0.1, -0.05) is 13.0 Å². The van der Waals surface area contributed by atoms with E-state index in [9.17, 15) is 0 Å². The van der Waals surface area contributed by atoms with Gasteiger partial charge in [0.2, 0.25) is 0 Å². The fraction of sp³-hybridized carbons (Fsp3) is 0.600. The Bertz CT molecular complexity index is 382. The first-order chi connectivity index (χ1) is 9.12. The van der Waals surface area contributed by atoms with E-state index in [0.29, 0.717) is 5.92 Å². The number of hydrogen-bond donors (Lipinski definition) is 1. The summed E-state index contributed by atoms with van der Waals surface area (Å²) >= 11 is 0. The van der Waals surface area contributed by atoms with Gasteiger partial charge in [-0.25, -0.2) is 0 Å². The zero-order chi connectivity index (χ0) is 14.3. The largest absolute Gasteiger partial charge is 0.493 e. The van der Waals surface area contributed by atoms with E-state index in [0.717, 1.165) is 24.7 Å². The van der Waals surface area contributed by atoms with Crippen molar-refractivity contribution in [2.24, 2.45) is 5.92 Å². The molecule has 0 saturated heterocycles. The second-order valence-electron chi connectivity index (χ2n) is 4.80. The quantitative estimate of drug-likeness (QED) is 0.786. The summed E-state index contributed by atoms with van der Waals surface area (Å²) in [5, 5.41) is 3.50. The van der Waals surface area contributed by atoms with Crippen LogP contribution >= 0.6 is 0 Å². The first-order valence-corrected chi connectivity index (χ1v) is 6.56. The fourth-order valence-electron chi connectivity index (χ4n) is 1.96. The maximum Gasteiger partial charge on any atom is 0.161 e. The molecule has 0 radical (unpaired) electrons. The molecule has 108 valence electrons. The molecule has 4 heteroatoms. The van der Waals surface area contributed by atoms with Gasteiger partial charge in [-0.3, -0.25) is 0 Å². The van der Waals surface area contributed by atoms with Gasteiger partial charge < -0.3 is 19.5 Å². The van der Waals surface area contributed by atoms with Crippen LogP contribution in [0.4, 0.5) is 0 Å². The van der Waals surface area contributed by atoms with Crippen LogP contribution in [0, 0.1) is 5.92 Å². The fourth-order valence-corrected chi connectivity index (χ4v) is 1.96. The lowest BCUT2D eigenvalue weighted by Gasteiger charge is -2.19. The monoisotopic (exact) mass is 267 g/mol. The normalized spacial score (nSPS) is 13.9. The number of ether oxygens (including phenoxy) is 3. The molecule has 0 aliphatic heterocycles. The summed E-state index contributed by atoms with van der Waals surface area (Å²) in [5.41, 5.74) is 1.18. The maximum absolute atomic E-state index is 5.32. The van der Waals surface area contributed by atoms with Gasteiger partial charge in [-0.2, -0.15) is 0 Å². The summed E-state index contributed by atoms with van der Waals surface area (Å²) in [6, 6.07) is 6.27. The van der Waals surface area contributed by atoms with Crippen molar-refractivity contribution in [1.82, 2.24) is 5.32 Å². The number of benzene rings is 1. The average molecular weight is 267 g/mol. The van der Waals surface area contributed by atoms with Crippen molar-refractivity contribution in [2.45, 2.75) is 19.9 Å². The summed E-state index contributed by atoms with van der Waals surface area (Å²) in [6.07, 6.45) is 0. The SMILES string of the molecule is COCC(C)CNC(C)c1ccc(OC)c(OC)c1. The van der Waals surface area contributed by atoms with Gasteiger partial charge in [0.05, 0.1) is 14.2 Å². The molecule has 0 aromatic heterocycles.